The van der Waals surface area contributed by atoms with Gasteiger partial charge < -0.3 is 9.47 Å². The zero-order valence-electron chi connectivity index (χ0n) is 12.5. The van der Waals surface area contributed by atoms with Crippen LogP contribution in [0.1, 0.15) is 41.6 Å². The van der Waals surface area contributed by atoms with Crippen molar-refractivity contribution in [3.05, 3.63) is 53.6 Å². The molecule has 110 valence electrons. The SMILES string of the molecule is CCN(Cc1ccccc1)C(=O)c1cn2c(n1)CCCC2. The second-order valence-corrected chi connectivity index (χ2v) is 5.50. The van der Waals surface area contributed by atoms with E-state index in [0.717, 1.165) is 24.4 Å². The Bertz CT molecular complexity index is 595. The molecule has 1 aromatic carbocycles. The first-order chi connectivity index (χ1) is 10.3. The van der Waals surface area contributed by atoms with E-state index in [1.165, 1.54) is 12.8 Å². The van der Waals surface area contributed by atoms with Gasteiger partial charge in [-0.3, -0.25) is 4.79 Å². The van der Waals surface area contributed by atoms with Crippen molar-refractivity contribution in [3.8, 4) is 0 Å². The van der Waals surface area contributed by atoms with Crippen molar-refractivity contribution in [2.45, 2.75) is 39.3 Å². The van der Waals surface area contributed by atoms with E-state index < -0.39 is 0 Å². The molecule has 4 heteroatoms. The Balaban J connectivity index is 1.77. The van der Waals surface area contributed by atoms with Crippen molar-refractivity contribution in [3.63, 3.8) is 0 Å². The summed E-state index contributed by atoms with van der Waals surface area (Å²) in [6.07, 6.45) is 5.26. The van der Waals surface area contributed by atoms with Crippen LogP contribution in [0.3, 0.4) is 0 Å². The Morgan fingerprint density at radius 2 is 2.10 bits per heavy atom. The van der Waals surface area contributed by atoms with E-state index in [1.54, 1.807) is 0 Å². The first-order valence-electron chi connectivity index (χ1n) is 7.67. The topological polar surface area (TPSA) is 38.1 Å². The zero-order chi connectivity index (χ0) is 14.7. The Hall–Kier alpha value is -2.10. The van der Waals surface area contributed by atoms with Gasteiger partial charge in [-0.05, 0) is 25.3 Å². The van der Waals surface area contributed by atoms with Crippen molar-refractivity contribution in [2.75, 3.05) is 6.54 Å². The van der Waals surface area contributed by atoms with Crippen molar-refractivity contribution in [1.29, 1.82) is 0 Å². The molecule has 1 aliphatic heterocycles. The van der Waals surface area contributed by atoms with Crippen LogP contribution in [0.4, 0.5) is 0 Å². The third-order valence-corrected chi connectivity index (χ3v) is 4.01. The molecule has 0 atom stereocenters. The van der Waals surface area contributed by atoms with Gasteiger partial charge in [-0.2, -0.15) is 0 Å². The van der Waals surface area contributed by atoms with Gasteiger partial charge in [-0.25, -0.2) is 4.98 Å². The third kappa shape index (κ3) is 2.99. The summed E-state index contributed by atoms with van der Waals surface area (Å²) in [6, 6.07) is 10.1. The Labute approximate surface area is 125 Å². The van der Waals surface area contributed by atoms with E-state index in [-0.39, 0.29) is 5.91 Å². The summed E-state index contributed by atoms with van der Waals surface area (Å²) < 4.78 is 2.13. The van der Waals surface area contributed by atoms with Crippen LogP contribution in [0.25, 0.3) is 0 Å². The van der Waals surface area contributed by atoms with Gasteiger partial charge in [-0.15, -0.1) is 0 Å². The summed E-state index contributed by atoms with van der Waals surface area (Å²) in [5.74, 6) is 1.09. The number of carbonyl (C=O) groups is 1. The molecule has 1 aliphatic rings. The zero-order valence-corrected chi connectivity index (χ0v) is 12.5. The fraction of sp³-hybridized carbons (Fsp3) is 0.412. The van der Waals surface area contributed by atoms with Gasteiger partial charge in [0.1, 0.15) is 11.5 Å². The number of fused-ring (bicyclic) bond motifs is 1. The first kappa shape index (κ1) is 13.9. The average molecular weight is 283 g/mol. The summed E-state index contributed by atoms with van der Waals surface area (Å²) in [6.45, 7) is 4.32. The van der Waals surface area contributed by atoms with Crippen LogP contribution in [0, 0.1) is 0 Å². The highest BCUT2D eigenvalue weighted by Gasteiger charge is 2.20. The Kier molecular flexibility index (Phi) is 4.04. The molecule has 1 amide bonds. The van der Waals surface area contributed by atoms with Gasteiger partial charge in [-0.1, -0.05) is 30.3 Å². The Morgan fingerprint density at radius 3 is 2.81 bits per heavy atom. The molecule has 0 aliphatic carbocycles. The molecular formula is C17H21N3O. The minimum atomic E-state index is 0.0308. The minimum absolute atomic E-state index is 0.0308. The molecule has 0 fully saturated rings. The maximum atomic E-state index is 12.6. The van der Waals surface area contributed by atoms with Gasteiger partial charge in [0.15, 0.2) is 0 Å². The molecule has 0 spiro atoms. The molecule has 4 nitrogen and oxygen atoms in total. The predicted molar refractivity (Wildman–Crippen MR) is 82.0 cm³/mol. The number of benzene rings is 1. The molecule has 0 bridgehead atoms. The minimum Gasteiger partial charge on any atom is -0.334 e. The maximum Gasteiger partial charge on any atom is 0.274 e. The molecule has 0 radical (unpaired) electrons. The molecule has 2 heterocycles. The molecular weight excluding hydrogens is 262 g/mol. The van der Waals surface area contributed by atoms with Crippen LogP contribution < -0.4 is 0 Å². The molecule has 3 rings (SSSR count). The van der Waals surface area contributed by atoms with Crippen LogP contribution >= 0.6 is 0 Å². The lowest BCUT2D eigenvalue weighted by atomic mass is 10.2. The summed E-state index contributed by atoms with van der Waals surface area (Å²) >= 11 is 0. The second kappa shape index (κ2) is 6.12. The third-order valence-electron chi connectivity index (χ3n) is 4.01. The molecule has 0 N–H and O–H groups in total. The summed E-state index contributed by atoms with van der Waals surface area (Å²) in [4.78, 5) is 19.0. The van der Waals surface area contributed by atoms with Gasteiger partial charge in [0.2, 0.25) is 0 Å². The number of aryl methyl sites for hydroxylation is 2. The predicted octanol–water partition coefficient (Wildman–Crippen LogP) is 2.88. The molecule has 1 aromatic heterocycles. The number of carbonyl (C=O) groups excluding carboxylic acids is 1. The standard InChI is InChI=1S/C17H21N3O/c1-2-19(12-14-8-4-3-5-9-14)17(21)15-13-20-11-7-6-10-16(20)18-15/h3-5,8-9,13H,2,6-7,10-12H2,1H3. The number of nitrogens with zero attached hydrogens (tertiary/aromatic N) is 3. The van der Waals surface area contributed by atoms with Crippen LogP contribution in [-0.4, -0.2) is 26.9 Å². The molecule has 0 unspecified atom stereocenters. The highest BCUT2D eigenvalue weighted by molar-refractivity contribution is 5.92. The monoisotopic (exact) mass is 283 g/mol. The highest BCUT2D eigenvalue weighted by atomic mass is 16.2. The second-order valence-electron chi connectivity index (χ2n) is 5.50. The molecule has 0 saturated carbocycles. The van der Waals surface area contributed by atoms with E-state index in [4.69, 9.17) is 0 Å². The van der Waals surface area contributed by atoms with E-state index in [9.17, 15) is 4.79 Å². The van der Waals surface area contributed by atoms with E-state index >= 15 is 0 Å². The number of aromatic nitrogens is 2. The Morgan fingerprint density at radius 1 is 1.29 bits per heavy atom. The van der Waals surface area contributed by atoms with Crippen LogP contribution in [0.5, 0.6) is 0 Å². The molecule has 2 aromatic rings. The van der Waals surface area contributed by atoms with Crippen LogP contribution in [0.15, 0.2) is 36.5 Å². The lowest BCUT2D eigenvalue weighted by molar-refractivity contribution is 0.0747. The number of hydrogen-bond acceptors (Lipinski definition) is 2. The lowest BCUT2D eigenvalue weighted by Gasteiger charge is -2.19. The van der Waals surface area contributed by atoms with Gasteiger partial charge in [0, 0.05) is 32.3 Å². The van der Waals surface area contributed by atoms with Crippen molar-refractivity contribution < 1.29 is 4.79 Å². The summed E-state index contributed by atoms with van der Waals surface area (Å²) in [5.41, 5.74) is 1.74. The summed E-state index contributed by atoms with van der Waals surface area (Å²) in [5, 5.41) is 0. The lowest BCUT2D eigenvalue weighted by Crippen LogP contribution is -2.30. The summed E-state index contributed by atoms with van der Waals surface area (Å²) in [7, 11) is 0. The van der Waals surface area contributed by atoms with Crippen LogP contribution in [-0.2, 0) is 19.5 Å². The fourth-order valence-corrected chi connectivity index (χ4v) is 2.81. The van der Waals surface area contributed by atoms with Crippen molar-refractivity contribution in [2.24, 2.45) is 0 Å². The number of imidazole rings is 1. The number of hydrogen-bond donors (Lipinski definition) is 0. The van der Waals surface area contributed by atoms with E-state index in [1.807, 2.05) is 48.4 Å². The fourth-order valence-electron chi connectivity index (χ4n) is 2.81. The molecule has 0 saturated heterocycles. The average Bonchev–Trinajstić information content (AvgIpc) is 2.97. The number of amides is 1. The van der Waals surface area contributed by atoms with E-state index in [0.29, 0.717) is 18.8 Å². The number of rotatable bonds is 4. The highest BCUT2D eigenvalue weighted by Crippen LogP contribution is 2.16. The van der Waals surface area contributed by atoms with Gasteiger partial charge in [0.05, 0.1) is 0 Å². The van der Waals surface area contributed by atoms with Crippen molar-refractivity contribution >= 4 is 5.91 Å². The smallest absolute Gasteiger partial charge is 0.274 e. The van der Waals surface area contributed by atoms with Gasteiger partial charge in [0.25, 0.3) is 5.91 Å². The van der Waals surface area contributed by atoms with Crippen LogP contribution in [0.2, 0.25) is 0 Å². The normalized spacial score (nSPS) is 13.8. The maximum absolute atomic E-state index is 12.6. The first-order valence-corrected chi connectivity index (χ1v) is 7.67. The van der Waals surface area contributed by atoms with Crippen molar-refractivity contribution in [1.82, 2.24) is 14.5 Å². The van der Waals surface area contributed by atoms with Gasteiger partial charge >= 0.3 is 0 Å². The molecule has 21 heavy (non-hydrogen) atoms. The largest absolute Gasteiger partial charge is 0.334 e. The quantitative estimate of drug-likeness (QED) is 0.865. The van der Waals surface area contributed by atoms with E-state index in [2.05, 4.69) is 9.55 Å².